The van der Waals surface area contributed by atoms with Gasteiger partial charge in [0.05, 0.1) is 13.2 Å². The van der Waals surface area contributed by atoms with Crippen LogP contribution in [0.5, 0.6) is 11.5 Å². The third kappa shape index (κ3) is 4.48. The minimum absolute atomic E-state index is 0.0313. The lowest BCUT2D eigenvalue weighted by molar-refractivity contribution is 0.174. The maximum atomic E-state index is 9.79. The number of aliphatic hydroxyl groups excluding tert-OH is 1. The van der Waals surface area contributed by atoms with E-state index >= 15 is 0 Å². The molecule has 1 heterocycles. The number of nitrogens with zero attached hydrogens (tertiary/aromatic N) is 1. The molecule has 0 aromatic heterocycles. The monoisotopic (exact) mass is 395 g/mol. The number of benzene rings is 2. The van der Waals surface area contributed by atoms with Crippen LogP contribution in [0.25, 0.3) is 0 Å². The second-order valence-corrected chi connectivity index (χ2v) is 7.71. The highest BCUT2D eigenvalue weighted by Gasteiger charge is 2.44. The fourth-order valence-corrected chi connectivity index (χ4v) is 3.72. The van der Waals surface area contributed by atoms with Gasteiger partial charge in [-0.1, -0.05) is 36.4 Å². The summed E-state index contributed by atoms with van der Waals surface area (Å²) in [6, 6.07) is 16.3. The van der Waals surface area contributed by atoms with E-state index in [-0.39, 0.29) is 17.9 Å². The lowest BCUT2D eigenvalue weighted by Crippen LogP contribution is -2.40. The van der Waals surface area contributed by atoms with Gasteiger partial charge in [-0.3, -0.25) is 4.99 Å². The lowest BCUT2D eigenvalue weighted by Gasteiger charge is -2.19. The Bertz CT molecular complexity index is 850. The molecule has 1 aliphatic carbocycles. The zero-order chi connectivity index (χ0) is 20.1. The van der Waals surface area contributed by atoms with Crippen LogP contribution in [0.1, 0.15) is 36.8 Å². The molecule has 0 radical (unpaired) electrons. The van der Waals surface area contributed by atoms with E-state index < -0.39 is 0 Å². The van der Waals surface area contributed by atoms with E-state index in [1.54, 1.807) is 0 Å². The van der Waals surface area contributed by atoms with Gasteiger partial charge in [0, 0.05) is 24.4 Å². The summed E-state index contributed by atoms with van der Waals surface area (Å²) in [6.45, 7) is 4.59. The Kier molecular flexibility index (Phi) is 5.90. The summed E-state index contributed by atoms with van der Waals surface area (Å²) in [6.07, 6.45) is 2.25. The summed E-state index contributed by atoms with van der Waals surface area (Å²) in [7, 11) is 0. The Balaban J connectivity index is 1.42. The summed E-state index contributed by atoms with van der Waals surface area (Å²) < 4.78 is 11.0. The molecular weight excluding hydrogens is 366 g/mol. The molecular formula is C23H29N3O3. The van der Waals surface area contributed by atoms with E-state index in [1.807, 2.05) is 36.4 Å². The highest BCUT2D eigenvalue weighted by atomic mass is 16.7. The van der Waals surface area contributed by atoms with Gasteiger partial charge in [0.25, 0.3) is 0 Å². The number of hydrogen-bond acceptors (Lipinski definition) is 4. The quantitative estimate of drug-likeness (QED) is 0.473. The van der Waals surface area contributed by atoms with Crippen molar-refractivity contribution in [3.63, 3.8) is 0 Å². The number of ether oxygens (including phenoxy) is 2. The maximum Gasteiger partial charge on any atom is 0.231 e. The van der Waals surface area contributed by atoms with Gasteiger partial charge in [0.15, 0.2) is 17.5 Å². The largest absolute Gasteiger partial charge is 0.454 e. The molecule has 0 saturated heterocycles. The van der Waals surface area contributed by atoms with Crippen molar-refractivity contribution in [1.29, 1.82) is 0 Å². The van der Waals surface area contributed by atoms with Crippen molar-refractivity contribution in [1.82, 2.24) is 10.6 Å². The lowest BCUT2D eigenvalue weighted by atomic mass is 9.96. The number of fused-ring (bicyclic) bond motifs is 1. The highest BCUT2D eigenvalue weighted by molar-refractivity contribution is 5.80. The van der Waals surface area contributed by atoms with Crippen LogP contribution >= 0.6 is 0 Å². The molecule has 1 aliphatic heterocycles. The minimum Gasteiger partial charge on any atom is -0.454 e. The number of guanidine groups is 1. The third-order valence-corrected chi connectivity index (χ3v) is 5.73. The molecule has 6 heteroatoms. The molecule has 2 aromatic rings. The summed E-state index contributed by atoms with van der Waals surface area (Å²) >= 11 is 0. The average molecular weight is 396 g/mol. The first-order chi connectivity index (χ1) is 14.2. The Morgan fingerprint density at radius 2 is 1.90 bits per heavy atom. The van der Waals surface area contributed by atoms with Crippen molar-refractivity contribution in [2.75, 3.05) is 33.0 Å². The van der Waals surface area contributed by atoms with E-state index in [0.29, 0.717) is 13.3 Å². The van der Waals surface area contributed by atoms with Crippen LogP contribution in [-0.2, 0) is 5.41 Å². The van der Waals surface area contributed by atoms with Crippen molar-refractivity contribution in [3.8, 4) is 11.5 Å². The van der Waals surface area contributed by atoms with Gasteiger partial charge in [0.1, 0.15) is 0 Å². The second-order valence-electron chi connectivity index (χ2n) is 7.71. The standard InChI is InChI=1S/C23H29N3O3/c1-2-24-22(25-13-18(14-27)17-6-4-3-5-7-17)26-15-23(10-11-23)19-8-9-20-21(12-19)29-16-28-20/h3-9,12,18,27H,2,10-11,13-16H2,1H3,(H2,24,25,26). The van der Waals surface area contributed by atoms with Gasteiger partial charge < -0.3 is 25.2 Å². The molecule has 6 nitrogen and oxygen atoms in total. The van der Waals surface area contributed by atoms with Gasteiger partial charge in [0.2, 0.25) is 6.79 Å². The van der Waals surface area contributed by atoms with Crippen LogP contribution in [-0.4, -0.2) is 44.1 Å². The molecule has 1 fully saturated rings. The van der Waals surface area contributed by atoms with E-state index in [9.17, 15) is 5.11 Å². The molecule has 0 bridgehead atoms. The van der Waals surface area contributed by atoms with Crippen LogP contribution in [0, 0.1) is 0 Å². The smallest absolute Gasteiger partial charge is 0.231 e. The first kappa shape index (κ1) is 19.6. The molecule has 4 rings (SSSR count). The molecule has 1 atom stereocenters. The van der Waals surface area contributed by atoms with Crippen LogP contribution < -0.4 is 20.1 Å². The topological polar surface area (TPSA) is 75.1 Å². The molecule has 154 valence electrons. The number of aliphatic hydroxyl groups is 1. The van der Waals surface area contributed by atoms with Crippen LogP contribution in [0.3, 0.4) is 0 Å². The fraction of sp³-hybridized carbons (Fsp3) is 0.435. The Morgan fingerprint density at radius 3 is 2.62 bits per heavy atom. The van der Waals surface area contributed by atoms with Gasteiger partial charge in [-0.05, 0) is 43.0 Å². The number of aliphatic imine (C=N–C) groups is 1. The van der Waals surface area contributed by atoms with E-state index in [2.05, 4.69) is 29.7 Å². The molecule has 1 unspecified atom stereocenters. The minimum atomic E-state index is 0.0313. The molecule has 1 saturated carbocycles. The van der Waals surface area contributed by atoms with Crippen LogP contribution in [0.15, 0.2) is 53.5 Å². The van der Waals surface area contributed by atoms with Gasteiger partial charge in [-0.25, -0.2) is 0 Å². The average Bonchev–Trinajstić information content (AvgIpc) is 3.41. The number of hydrogen-bond donors (Lipinski definition) is 3. The third-order valence-electron chi connectivity index (χ3n) is 5.73. The molecule has 0 amide bonds. The Morgan fingerprint density at radius 1 is 1.10 bits per heavy atom. The van der Waals surface area contributed by atoms with E-state index in [4.69, 9.17) is 14.5 Å². The van der Waals surface area contributed by atoms with Gasteiger partial charge in [-0.15, -0.1) is 0 Å². The van der Waals surface area contributed by atoms with E-state index in [1.165, 1.54) is 5.56 Å². The molecule has 0 spiro atoms. The summed E-state index contributed by atoms with van der Waals surface area (Å²) in [5, 5.41) is 16.5. The predicted molar refractivity (Wildman–Crippen MR) is 114 cm³/mol. The van der Waals surface area contributed by atoms with Crippen LogP contribution in [0.4, 0.5) is 0 Å². The number of nitrogens with one attached hydrogen (secondary N) is 2. The molecule has 29 heavy (non-hydrogen) atoms. The van der Waals surface area contributed by atoms with Gasteiger partial charge >= 0.3 is 0 Å². The number of rotatable bonds is 8. The summed E-state index contributed by atoms with van der Waals surface area (Å²) in [5.41, 5.74) is 2.47. The first-order valence-corrected chi connectivity index (χ1v) is 10.3. The molecule has 2 aliphatic rings. The van der Waals surface area contributed by atoms with Crippen LogP contribution in [0.2, 0.25) is 0 Å². The van der Waals surface area contributed by atoms with Crippen molar-refractivity contribution >= 4 is 5.96 Å². The predicted octanol–water partition coefficient (Wildman–Crippen LogP) is 2.78. The summed E-state index contributed by atoms with van der Waals surface area (Å²) in [5.74, 6) is 2.47. The Hall–Kier alpha value is -2.73. The SMILES string of the molecule is CCNC(=NCC1(c2ccc3c(c2)OCO3)CC1)NCC(CO)c1ccccc1. The van der Waals surface area contributed by atoms with Crippen molar-refractivity contribution in [2.24, 2.45) is 4.99 Å². The van der Waals surface area contributed by atoms with E-state index in [0.717, 1.165) is 49.0 Å². The summed E-state index contributed by atoms with van der Waals surface area (Å²) in [4.78, 5) is 4.86. The Labute approximate surface area is 172 Å². The van der Waals surface area contributed by atoms with Crippen molar-refractivity contribution in [3.05, 3.63) is 59.7 Å². The van der Waals surface area contributed by atoms with Gasteiger partial charge in [-0.2, -0.15) is 0 Å². The molecule has 3 N–H and O–H groups in total. The zero-order valence-electron chi connectivity index (χ0n) is 16.9. The maximum absolute atomic E-state index is 9.79. The normalized spacial score (nSPS) is 17.7. The van der Waals surface area contributed by atoms with Crippen molar-refractivity contribution < 1.29 is 14.6 Å². The second kappa shape index (κ2) is 8.74. The van der Waals surface area contributed by atoms with Crippen molar-refractivity contribution in [2.45, 2.75) is 31.1 Å². The zero-order valence-corrected chi connectivity index (χ0v) is 16.9. The first-order valence-electron chi connectivity index (χ1n) is 10.3. The highest BCUT2D eigenvalue weighted by Crippen LogP contribution is 2.50. The fourth-order valence-electron chi connectivity index (χ4n) is 3.72. The molecule has 2 aromatic carbocycles.